The largest absolute Gasteiger partial charge is 0.397 e. The van der Waals surface area contributed by atoms with Crippen LogP contribution < -0.4 is 16.4 Å². The predicted octanol–water partition coefficient (Wildman–Crippen LogP) is 6.72. The summed E-state index contributed by atoms with van der Waals surface area (Å²) in [7, 11) is 0. The molecule has 3 atom stereocenters. The SMILES string of the molecule is Nc1ccccc1NC(=O)CCCCCCC(=O)NCc1ccc(C2OC(CN3CCN(Cc4ccccc4)CC3)CC(c3ccc(CO)cc3)O2)cc1. The van der Waals surface area contributed by atoms with E-state index in [2.05, 4.69) is 50.8 Å². The van der Waals surface area contributed by atoms with Gasteiger partial charge < -0.3 is 30.9 Å². The average molecular weight is 734 g/mol. The number of rotatable bonds is 17. The first-order valence-electron chi connectivity index (χ1n) is 19.4. The van der Waals surface area contributed by atoms with Crippen molar-refractivity contribution in [3.05, 3.63) is 131 Å². The lowest BCUT2D eigenvalue weighted by molar-refractivity contribution is -0.253. The number of hydrogen-bond acceptors (Lipinski definition) is 8. The van der Waals surface area contributed by atoms with Crippen LogP contribution in [0.25, 0.3) is 0 Å². The van der Waals surface area contributed by atoms with Gasteiger partial charge in [-0.25, -0.2) is 0 Å². The number of piperazine rings is 1. The Kier molecular flexibility index (Phi) is 14.6. The highest BCUT2D eigenvalue weighted by molar-refractivity contribution is 5.93. The van der Waals surface area contributed by atoms with E-state index in [1.165, 1.54) is 5.56 Å². The Labute approximate surface area is 319 Å². The average Bonchev–Trinajstić information content (AvgIpc) is 3.20. The number of amides is 2. The number of nitrogen functional groups attached to an aromatic ring is 1. The minimum Gasteiger partial charge on any atom is -0.397 e. The summed E-state index contributed by atoms with van der Waals surface area (Å²) in [5.74, 6) is -0.0236. The summed E-state index contributed by atoms with van der Waals surface area (Å²) in [5.41, 5.74) is 12.4. The molecule has 10 nitrogen and oxygen atoms in total. The molecule has 0 aliphatic carbocycles. The van der Waals surface area contributed by atoms with Crippen molar-refractivity contribution < 1.29 is 24.2 Å². The van der Waals surface area contributed by atoms with Crippen LogP contribution in [0.2, 0.25) is 0 Å². The zero-order valence-corrected chi connectivity index (χ0v) is 31.2. The first-order valence-corrected chi connectivity index (χ1v) is 19.4. The number of carbonyl (C=O) groups is 2. The first-order chi connectivity index (χ1) is 26.4. The Morgan fingerprint density at radius 1 is 0.685 bits per heavy atom. The maximum absolute atomic E-state index is 12.6. The smallest absolute Gasteiger partial charge is 0.224 e. The molecular formula is C44H55N5O5. The number of para-hydroxylation sites is 2. The number of aliphatic hydroxyl groups excluding tert-OH is 1. The summed E-state index contributed by atoms with van der Waals surface area (Å²) in [6, 6.07) is 34.0. The fraction of sp³-hybridized carbons (Fsp3) is 0.409. The van der Waals surface area contributed by atoms with Gasteiger partial charge >= 0.3 is 0 Å². The lowest BCUT2D eigenvalue weighted by Crippen LogP contribution is -2.49. The van der Waals surface area contributed by atoms with Crippen LogP contribution in [0.15, 0.2) is 103 Å². The van der Waals surface area contributed by atoms with Gasteiger partial charge in [-0.2, -0.15) is 0 Å². The summed E-state index contributed by atoms with van der Waals surface area (Å²) in [4.78, 5) is 29.8. The van der Waals surface area contributed by atoms with Crippen molar-refractivity contribution in [2.75, 3.05) is 43.8 Å². The molecule has 3 unspecified atom stereocenters. The molecule has 0 saturated carbocycles. The van der Waals surface area contributed by atoms with Crippen LogP contribution in [0.4, 0.5) is 11.4 Å². The Morgan fingerprint density at radius 3 is 2.02 bits per heavy atom. The molecule has 4 aromatic carbocycles. The molecule has 6 rings (SSSR count). The minimum absolute atomic E-state index is 0.00304. The molecule has 2 fully saturated rings. The monoisotopic (exact) mass is 733 g/mol. The molecule has 2 aliphatic heterocycles. The maximum Gasteiger partial charge on any atom is 0.224 e. The third-order valence-corrected chi connectivity index (χ3v) is 10.3. The van der Waals surface area contributed by atoms with Crippen molar-refractivity contribution in [2.24, 2.45) is 0 Å². The molecule has 2 saturated heterocycles. The molecule has 0 radical (unpaired) electrons. The van der Waals surface area contributed by atoms with Crippen LogP contribution in [0.3, 0.4) is 0 Å². The Hall–Kier alpha value is -4.58. The van der Waals surface area contributed by atoms with Gasteiger partial charge in [0.2, 0.25) is 11.8 Å². The molecule has 286 valence electrons. The molecule has 10 heteroatoms. The zero-order valence-electron chi connectivity index (χ0n) is 31.2. The molecule has 54 heavy (non-hydrogen) atoms. The number of ether oxygens (including phenoxy) is 2. The standard InChI is InChI=1S/C44H55N5O5/c45-39-12-8-9-13-40(39)47-43(52)15-7-2-1-6-14-42(51)46-29-33-16-22-37(23-17-33)44-53-38(28-41(54-44)36-20-18-35(32-50)19-21-36)31-49-26-24-48(25-27-49)30-34-10-4-3-5-11-34/h3-5,8-13,16-23,38,41,44,50H,1-2,6-7,14-15,24-32,45H2,(H,46,51)(H,47,52). The molecule has 0 aromatic heterocycles. The number of aliphatic hydroxyl groups is 1. The second kappa shape index (κ2) is 20.2. The molecule has 0 bridgehead atoms. The molecule has 2 amide bonds. The van der Waals surface area contributed by atoms with E-state index in [-0.39, 0.29) is 30.6 Å². The van der Waals surface area contributed by atoms with E-state index in [0.29, 0.717) is 30.8 Å². The zero-order chi connectivity index (χ0) is 37.5. The van der Waals surface area contributed by atoms with Gasteiger partial charge in [0.15, 0.2) is 6.29 Å². The van der Waals surface area contributed by atoms with Gasteiger partial charge in [-0.1, -0.05) is 104 Å². The Balaban J connectivity index is 0.944. The van der Waals surface area contributed by atoms with E-state index in [0.717, 1.165) is 93.6 Å². The highest BCUT2D eigenvalue weighted by Crippen LogP contribution is 2.38. The van der Waals surface area contributed by atoms with Gasteiger partial charge in [-0.3, -0.25) is 19.4 Å². The van der Waals surface area contributed by atoms with Crippen LogP contribution in [0.1, 0.15) is 85.2 Å². The first kappa shape index (κ1) is 39.1. The van der Waals surface area contributed by atoms with E-state index in [1.807, 2.05) is 60.7 Å². The number of carbonyl (C=O) groups excluding carboxylic acids is 2. The summed E-state index contributed by atoms with van der Waals surface area (Å²) < 4.78 is 13.2. The molecule has 2 heterocycles. The lowest BCUT2D eigenvalue weighted by atomic mass is 9.99. The van der Waals surface area contributed by atoms with Crippen LogP contribution in [-0.4, -0.2) is 65.5 Å². The minimum atomic E-state index is -0.517. The number of unbranched alkanes of at least 4 members (excludes halogenated alkanes) is 3. The van der Waals surface area contributed by atoms with E-state index < -0.39 is 6.29 Å². The number of anilines is 2. The van der Waals surface area contributed by atoms with Crippen LogP contribution in [-0.2, 0) is 38.8 Å². The lowest BCUT2D eigenvalue weighted by Gasteiger charge is -2.40. The summed E-state index contributed by atoms with van der Waals surface area (Å²) in [6.07, 6.45) is 4.31. The summed E-state index contributed by atoms with van der Waals surface area (Å²) >= 11 is 0. The van der Waals surface area contributed by atoms with Gasteiger partial charge in [-0.15, -0.1) is 0 Å². The van der Waals surface area contributed by atoms with Crippen molar-refractivity contribution in [1.29, 1.82) is 0 Å². The van der Waals surface area contributed by atoms with Crippen molar-refractivity contribution in [3.63, 3.8) is 0 Å². The molecule has 2 aliphatic rings. The Morgan fingerprint density at radius 2 is 1.31 bits per heavy atom. The third-order valence-electron chi connectivity index (χ3n) is 10.3. The highest BCUT2D eigenvalue weighted by Gasteiger charge is 2.33. The summed E-state index contributed by atoms with van der Waals surface area (Å²) in [6.45, 7) is 6.33. The van der Waals surface area contributed by atoms with Gasteiger partial charge in [-0.05, 0) is 47.2 Å². The quantitative estimate of drug-likeness (QED) is 0.0696. The van der Waals surface area contributed by atoms with Crippen molar-refractivity contribution >= 4 is 23.2 Å². The van der Waals surface area contributed by atoms with E-state index >= 15 is 0 Å². The number of nitrogens with one attached hydrogen (secondary N) is 2. The maximum atomic E-state index is 12.6. The number of benzene rings is 4. The second-order valence-electron chi connectivity index (χ2n) is 14.5. The van der Waals surface area contributed by atoms with Crippen molar-refractivity contribution in [1.82, 2.24) is 15.1 Å². The number of nitrogens with two attached hydrogens (primary N) is 1. The molecule has 4 aromatic rings. The van der Waals surface area contributed by atoms with E-state index in [1.54, 1.807) is 12.1 Å². The molecular weight excluding hydrogens is 679 g/mol. The third kappa shape index (κ3) is 12.0. The van der Waals surface area contributed by atoms with Crippen LogP contribution >= 0.6 is 0 Å². The van der Waals surface area contributed by atoms with E-state index in [4.69, 9.17) is 15.2 Å². The predicted molar refractivity (Wildman–Crippen MR) is 212 cm³/mol. The second-order valence-corrected chi connectivity index (χ2v) is 14.5. The van der Waals surface area contributed by atoms with Gasteiger partial charge in [0.1, 0.15) is 0 Å². The van der Waals surface area contributed by atoms with Crippen molar-refractivity contribution in [2.45, 2.75) is 83.1 Å². The van der Waals surface area contributed by atoms with Crippen molar-refractivity contribution in [3.8, 4) is 0 Å². The fourth-order valence-electron chi connectivity index (χ4n) is 7.12. The Bertz CT molecular complexity index is 1750. The fourth-order valence-corrected chi connectivity index (χ4v) is 7.12. The normalized spacial score (nSPS) is 19.3. The van der Waals surface area contributed by atoms with Gasteiger partial charge in [0.05, 0.1) is 30.2 Å². The van der Waals surface area contributed by atoms with E-state index in [9.17, 15) is 14.7 Å². The van der Waals surface area contributed by atoms with Crippen LogP contribution in [0, 0.1) is 0 Å². The molecule has 5 N–H and O–H groups in total. The molecule has 0 spiro atoms. The number of nitrogens with zero attached hydrogens (tertiary/aromatic N) is 2. The van der Waals surface area contributed by atoms with Crippen LogP contribution in [0.5, 0.6) is 0 Å². The number of hydrogen-bond donors (Lipinski definition) is 4. The van der Waals surface area contributed by atoms with Gasteiger partial charge in [0.25, 0.3) is 0 Å². The summed E-state index contributed by atoms with van der Waals surface area (Å²) in [5, 5.41) is 15.5. The highest BCUT2D eigenvalue weighted by atomic mass is 16.7. The topological polar surface area (TPSA) is 129 Å². The van der Waals surface area contributed by atoms with Gasteiger partial charge in [0, 0.05) is 70.6 Å².